The number of anilines is 2. The molecule has 1 aromatic carbocycles. The van der Waals surface area contributed by atoms with E-state index < -0.39 is 0 Å². The molecule has 27 heavy (non-hydrogen) atoms. The lowest BCUT2D eigenvalue weighted by atomic mass is 10.2. The number of rotatable bonds is 7. The first kappa shape index (κ1) is 18.1. The Hall–Kier alpha value is -3.68. The topological polar surface area (TPSA) is 98.3 Å². The zero-order chi connectivity index (χ0) is 19.1. The number of methoxy groups -OCH3 is 2. The van der Waals surface area contributed by atoms with Crippen LogP contribution >= 0.6 is 0 Å². The zero-order valence-electron chi connectivity index (χ0n) is 15.0. The molecule has 0 spiro atoms. The second-order valence-electron chi connectivity index (χ2n) is 5.48. The van der Waals surface area contributed by atoms with Crippen molar-refractivity contribution in [1.29, 1.82) is 0 Å². The molecule has 0 fully saturated rings. The Morgan fingerprint density at radius 3 is 2.67 bits per heavy atom. The fourth-order valence-electron chi connectivity index (χ4n) is 2.36. The first-order chi connectivity index (χ1) is 13.2. The predicted molar refractivity (Wildman–Crippen MR) is 100 cm³/mol. The first-order valence-electron chi connectivity index (χ1n) is 8.19. The number of aromatic nitrogens is 3. The second kappa shape index (κ2) is 8.61. The van der Waals surface area contributed by atoms with Crippen molar-refractivity contribution in [2.24, 2.45) is 0 Å². The second-order valence-corrected chi connectivity index (χ2v) is 5.48. The zero-order valence-corrected chi connectivity index (χ0v) is 15.0. The normalized spacial score (nSPS) is 10.1. The van der Waals surface area contributed by atoms with Crippen molar-refractivity contribution in [3.05, 3.63) is 66.4 Å². The van der Waals surface area contributed by atoms with E-state index in [4.69, 9.17) is 9.47 Å². The summed E-state index contributed by atoms with van der Waals surface area (Å²) in [6.45, 7) is 0.316. The predicted octanol–water partition coefficient (Wildman–Crippen LogP) is 2.56. The van der Waals surface area contributed by atoms with Gasteiger partial charge in [0.15, 0.2) is 0 Å². The van der Waals surface area contributed by atoms with E-state index in [9.17, 15) is 4.79 Å². The number of carbonyl (C=O) groups is 1. The molecule has 1 amide bonds. The lowest BCUT2D eigenvalue weighted by Crippen LogP contribution is -2.24. The molecule has 138 valence electrons. The molecule has 8 heteroatoms. The molecule has 0 unspecified atom stereocenters. The molecule has 3 aromatic rings. The smallest absolute Gasteiger partial charge is 0.270 e. The summed E-state index contributed by atoms with van der Waals surface area (Å²) >= 11 is 0. The fraction of sp³-hybridized carbons (Fsp3) is 0.158. The summed E-state index contributed by atoms with van der Waals surface area (Å²) in [5.41, 5.74) is 1.67. The Balaban J connectivity index is 1.73. The Labute approximate surface area is 156 Å². The third-order valence-corrected chi connectivity index (χ3v) is 3.73. The monoisotopic (exact) mass is 365 g/mol. The van der Waals surface area contributed by atoms with Crippen molar-refractivity contribution in [2.75, 3.05) is 19.5 Å². The highest BCUT2D eigenvalue weighted by Gasteiger charge is 2.11. The van der Waals surface area contributed by atoms with Gasteiger partial charge in [0.2, 0.25) is 0 Å². The standard InChI is InChI=1S/C19H19N5O3/c1-26-14-6-7-17(27-2)15(9-14)24-18-10-16(22-12-23-18)19(25)21-11-13-5-3-4-8-20-13/h3-10,12H,11H2,1-2H3,(H,21,25)(H,22,23,24). The highest BCUT2D eigenvalue weighted by molar-refractivity contribution is 5.93. The Bertz CT molecular complexity index is 918. The molecule has 0 bridgehead atoms. The van der Waals surface area contributed by atoms with Crippen molar-refractivity contribution in [3.8, 4) is 11.5 Å². The number of pyridine rings is 1. The lowest BCUT2D eigenvalue weighted by Gasteiger charge is -2.12. The van der Waals surface area contributed by atoms with Crippen molar-refractivity contribution in [2.45, 2.75) is 6.54 Å². The number of nitrogens with zero attached hydrogens (tertiary/aromatic N) is 3. The molecular weight excluding hydrogens is 346 g/mol. The lowest BCUT2D eigenvalue weighted by molar-refractivity contribution is 0.0945. The van der Waals surface area contributed by atoms with Gasteiger partial charge in [-0.3, -0.25) is 9.78 Å². The van der Waals surface area contributed by atoms with Gasteiger partial charge in [0.05, 0.1) is 32.1 Å². The summed E-state index contributed by atoms with van der Waals surface area (Å²) < 4.78 is 10.6. The molecule has 0 aliphatic carbocycles. The van der Waals surface area contributed by atoms with E-state index in [2.05, 4.69) is 25.6 Å². The van der Waals surface area contributed by atoms with Gasteiger partial charge in [-0.25, -0.2) is 9.97 Å². The Kier molecular flexibility index (Phi) is 5.78. The average Bonchev–Trinajstić information content (AvgIpc) is 2.73. The number of ether oxygens (including phenoxy) is 2. The molecule has 2 heterocycles. The maximum Gasteiger partial charge on any atom is 0.270 e. The van der Waals surface area contributed by atoms with E-state index in [-0.39, 0.29) is 11.6 Å². The third kappa shape index (κ3) is 4.69. The van der Waals surface area contributed by atoms with Crippen LogP contribution in [0.4, 0.5) is 11.5 Å². The quantitative estimate of drug-likeness (QED) is 0.664. The largest absolute Gasteiger partial charge is 0.497 e. The van der Waals surface area contributed by atoms with Crippen molar-refractivity contribution in [1.82, 2.24) is 20.3 Å². The first-order valence-corrected chi connectivity index (χ1v) is 8.19. The fourth-order valence-corrected chi connectivity index (χ4v) is 2.36. The van der Waals surface area contributed by atoms with Crippen LogP contribution in [-0.4, -0.2) is 35.1 Å². The summed E-state index contributed by atoms with van der Waals surface area (Å²) in [5.74, 6) is 1.43. The highest BCUT2D eigenvalue weighted by Crippen LogP contribution is 2.30. The van der Waals surface area contributed by atoms with Crippen LogP contribution in [0.2, 0.25) is 0 Å². The van der Waals surface area contributed by atoms with Gasteiger partial charge in [-0.2, -0.15) is 0 Å². The maximum atomic E-state index is 12.3. The molecule has 0 saturated carbocycles. The minimum Gasteiger partial charge on any atom is -0.497 e. The van der Waals surface area contributed by atoms with Crippen LogP contribution < -0.4 is 20.1 Å². The van der Waals surface area contributed by atoms with E-state index in [1.165, 1.54) is 6.33 Å². The molecule has 0 radical (unpaired) electrons. The van der Waals surface area contributed by atoms with Gasteiger partial charge in [-0.05, 0) is 24.3 Å². The van der Waals surface area contributed by atoms with Crippen LogP contribution in [0.25, 0.3) is 0 Å². The minimum atomic E-state index is -0.316. The Morgan fingerprint density at radius 2 is 1.93 bits per heavy atom. The molecular formula is C19H19N5O3. The molecule has 0 saturated heterocycles. The van der Waals surface area contributed by atoms with Crippen LogP contribution in [-0.2, 0) is 6.54 Å². The SMILES string of the molecule is COc1ccc(OC)c(Nc2cc(C(=O)NCc3ccccn3)ncn2)c1. The number of hydrogen-bond donors (Lipinski definition) is 2. The maximum absolute atomic E-state index is 12.3. The van der Waals surface area contributed by atoms with Crippen LogP contribution in [0.5, 0.6) is 11.5 Å². The van der Waals surface area contributed by atoms with Crippen LogP contribution in [0.15, 0.2) is 55.0 Å². The number of carbonyl (C=O) groups excluding carboxylic acids is 1. The van der Waals surface area contributed by atoms with Crippen LogP contribution in [0.3, 0.4) is 0 Å². The summed E-state index contributed by atoms with van der Waals surface area (Å²) in [4.78, 5) is 24.7. The van der Waals surface area contributed by atoms with Gasteiger partial charge >= 0.3 is 0 Å². The molecule has 2 aromatic heterocycles. The van der Waals surface area contributed by atoms with Crippen molar-refractivity contribution < 1.29 is 14.3 Å². The number of nitrogens with one attached hydrogen (secondary N) is 2. The minimum absolute atomic E-state index is 0.241. The summed E-state index contributed by atoms with van der Waals surface area (Å²) in [6.07, 6.45) is 3.00. The Morgan fingerprint density at radius 1 is 1.04 bits per heavy atom. The van der Waals surface area contributed by atoms with E-state index >= 15 is 0 Å². The summed E-state index contributed by atoms with van der Waals surface area (Å²) in [6, 6.07) is 12.4. The van der Waals surface area contributed by atoms with Gasteiger partial charge in [-0.15, -0.1) is 0 Å². The van der Waals surface area contributed by atoms with E-state index in [1.807, 2.05) is 18.2 Å². The van der Waals surface area contributed by atoms with Gasteiger partial charge in [0.25, 0.3) is 5.91 Å². The molecule has 2 N–H and O–H groups in total. The van der Waals surface area contributed by atoms with Crippen molar-refractivity contribution >= 4 is 17.4 Å². The molecule has 8 nitrogen and oxygen atoms in total. The van der Waals surface area contributed by atoms with Gasteiger partial charge in [-0.1, -0.05) is 6.07 Å². The number of benzene rings is 1. The molecule has 3 rings (SSSR count). The van der Waals surface area contributed by atoms with Gasteiger partial charge in [0, 0.05) is 18.3 Å². The van der Waals surface area contributed by atoms with E-state index in [0.717, 1.165) is 5.69 Å². The van der Waals surface area contributed by atoms with Crippen LogP contribution in [0, 0.1) is 0 Å². The third-order valence-electron chi connectivity index (χ3n) is 3.73. The molecule has 0 aliphatic rings. The average molecular weight is 365 g/mol. The van der Waals surface area contributed by atoms with Gasteiger partial charge in [0.1, 0.15) is 29.3 Å². The van der Waals surface area contributed by atoms with E-state index in [1.54, 1.807) is 44.7 Å². The van der Waals surface area contributed by atoms with Gasteiger partial charge < -0.3 is 20.1 Å². The van der Waals surface area contributed by atoms with Crippen molar-refractivity contribution in [3.63, 3.8) is 0 Å². The number of amides is 1. The number of hydrogen-bond acceptors (Lipinski definition) is 7. The highest BCUT2D eigenvalue weighted by atomic mass is 16.5. The molecule has 0 aliphatic heterocycles. The van der Waals surface area contributed by atoms with Crippen LogP contribution in [0.1, 0.15) is 16.2 Å². The molecule has 0 atom stereocenters. The summed E-state index contributed by atoms with van der Waals surface area (Å²) in [5, 5.41) is 5.90. The summed E-state index contributed by atoms with van der Waals surface area (Å²) in [7, 11) is 3.16. The van der Waals surface area contributed by atoms with E-state index in [0.29, 0.717) is 29.5 Å².